The highest BCUT2D eigenvalue weighted by Crippen LogP contribution is 2.20. The zero-order chi connectivity index (χ0) is 16.1. The molecule has 0 unspecified atom stereocenters. The number of amides is 3. The third-order valence-corrected chi connectivity index (χ3v) is 3.79. The van der Waals surface area contributed by atoms with Crippen molar-refractivity contribution in [3.8, 4) is 0 Å². The van der Waals surface area contributed by atoms with Crippen LogP contribution in [-0.4, -0.2) is 36.0 Å². The zero-order valence-electron chi connectivity index (χ0n) is 12.9. The van der Waals surface area contributed by atoms with Gasteiger partial charge in [-0.05, 0) is 44.4 Å². The molecule has 0 radical (unpaired) electrons. The number of likely N-dealkylation sites (N-methyl/N-ethyl adjacent to an activating group) is 1. The number of urea groups is 1. The van der Waals surface area contributed by atoms with Gasteiger partial charge in [0.25, 0.3) is 0 Å². The van der Waals surface area contributed by atoms with Gasteiger partial charge in [-0.15, -0.1) is 0 Å². The second-order valence-electron chi connectivity index (χ2n) is 5.51. The van der Waals surface area contributed by atoms with E-state index < -0.39 is 0 Å². The van der Waals surface area contributed by atoms with E-state index in [1.54, 1.807) is 17.0 Å². The number of carbonyl (C=O) groups excluding carboxylic acids is 2. The number of nitrogens with one attached hydrogen (secondary N) is 2. The van der Waals surface area contributed by atoms with Crippen molar-refractivity contribution in [3.63, 3.8) is 0 Å². The molecule has 0 aromatic heterocycles. The molecule has 1 atom stereocenters. The van der Waals surface area contributed by atoms with Gasteiger partial charge in [-0.1, -0.05) is 12.1 Å². The van der Waals surface area contributed by atoms with Crippen LogP contribution in [0.3, 0.4) is 0 Å². The normalized spacial score (nSPS) is 15.0. The molecule has 0 aliphatic heterocycles. The highest BCUT2D eigenvalue weighted by atomic mass is 19.1. The van der Waals surface area contributed by atoms with Crippen LogP contribution in [0.5, 0.6) is 0 Å². The first-order valence-corrected chi connectivity index (χ1v) is 7.60. The van der Waals surface area contributed by atoms with E-state index in [1.807, 2.05) is 13.8 Å². The number of halogens is 1. The van der Waals surface area contributed by atoms with Gasteiger partial charge in [0, 0.05) is 12.6 Å². The Hall–Kier alpha value is -2.11. The van der Waals surface area contributed by atoms with Gasteiger partial charge in [-0.2, -0.15) is 0 Å². The fourth-order valence-corrected chi connectivity index (χ4v) is 2.31. The van der Waals surface area contributed by atoms with Crippen LogP contribution in [0.25, 0.3) is 0 Å². The average molecular weight is 307 g/mol. The van der Waals surface area contributed by atoms with Crippen molar-refractivity contribution in [1.82, 2.24) is 15.5 Å². The third kappa shape index (κ3) is 4.44. The number of rotatable bonds is 6. The molecule has 2 N–H and O–H groups in total. The second kappa shape index (κ2) is 7.24. The average Bonchev–Trinajstić information content (AvgIpc) is 3.30. The molecule has 0 spiro atoms. The van der Waals surface area contributed by atoms with Gasteiger partial charge in [-0.3, -0.25) is 4.79 Å². The van der Waals surface area contributed by atoms with Crippen LogP contribution in [0, 0.1) is 5.82 Å². The summed E-state index contributed by atoms with van der Waals surface area (Å²) < 4.78 is 13.0. The van der Waals surface area contributed by atoms with Crippen molar-refractivity contribution < 1.29 is 14.0 Å². The standard InChI is InChI=1S/C16H22FN3O2/c1-3-20(11(2)12-4-6-13(17)7-5-12)15(21)10-18-16(22)19-14-8-9-14/h4-7,11,14H,3,8-10H2,1-2H3,(H2,18,19,22)/t11-/m1/s1. The van der Waals surface area contributed by atoms with E-state index in [0.717, 1.165) is 18.4 Å². The Morgan fingerprint density at radius 1 is 1.32 bits per heavy atom. The molecule has 1 aliphatic carbocycles. The van der Waals surface area contributed by atoms with Crippen LogP contribution in [0.1, 0.15) is 38.3 Å². The summed E-state index contributed by atoms with van der Waals surface area (Å²) in [5.74, 6) is -0.464. The summed E-state index contributed by atoms with van der Waals surface area (Å²) in [6, 6.07) is 5.88. The Morgan fingerprint density at radius 2 is 1.95 bits per heavy atom. The summed E-state index contributed by atoms with van der Waals surface area (Å²) in [6.45, 7) is 4.24. The van der Waals surface area contributed by atoms with E-state index in [4.69, 9.17) is 0 Å². The first-order chi connectivity index (χ1) is 10.5. The van der Waals surface area contributed by atoms with Gasteiger partial charge in [0.1, 0.15) is 5.82 Å². The Labute approximate surface area is 129 Å². The van der Waals surface area contributed by atoms with Crippen molar-refractivity contribution in [2.24, 2.45) is 0 Å². The van der Waals surface area contributed by atoms with Crippen LogP contribution < -0.4 is 10.6 Å². The van der Waals surface area contributed by atoms with Crippen molar-refractivity contribution in [3.05, 3.63) is 35.6 Å². The maximum Gasteiger partial charge on any atom is 0.315 e. The minimum atomic E-state index is -0.304. The van der Waals surface area contributed by atoms with E-state index in [-0.39, 0.29) is 36.4 Å². The number of carbonyl (C=O) groups is 2. The van der Waals surface area contributed by atoms with Gasteiger partial charge in [0.15, 0.2) is 0 Å². The number of nitrogens with zero attached hydrogens (tertiary/aromatic N) is 1. The van der Waals surface area contributed by atoms with E-state index in [0.29, 0.717) is 6.54 Å². The van der Waals surface area contributed by atoms with E-state index in [2.05, 4.69) is 10.6 Å². The predicted molar refractivity (Wildman–Crippen MR) is 81.8 cm³/mol. The molecular formula is C16H22FN3O2. The molecule has 120 valence electrons. The summed E-state index contributed by atoms with van der Waals surface area (Å²) in [5, 5.41) is 5.35. The molecule has 22 heavy (non-hydrogen) atoms. The van der Waals surface area contributed by atoms with Gasteiger partial charge >= 0.3 is 6.03 Å². The molecule has 1 saturated carbocycles. The highest BCUT2D eigenvalue weighted by Gasteiger charge is 2.24. The molecule has 1 aliphatic rings. The molecule has 2 rings (SSSR count). The zero-order valence-corrected chi connectivity index (χ0v) is 12.9. The van der Waals surface area contributed by atoms with E-state index in [1.165, 1.54) is 12.1 Å². The number of hydrogen-bond donors (Lipinski definition) is 2. The summed E-state index contributed by atoms with van der Waals surface area (Å²) in [6.07, 6.45) is 2.01. The van der Waals surface area contributed by atoms with Crippen LogP contribution >= 0.6 is 0 Å². The molecular weight excluding hydrogens is 285 g/mol. The molecule has 0 saturated heterocycles. The van der Waals surface area contributed by atoms with Crippen LogP contribution in [0.2, 0.25) is 0 Å². The van der Waals surface area contributed by atoms with Crippen molar-refractivity contribution >= 4 is 11.9 Å². The quantitative estimate of drug-likeness (QED) is 0.846. The monoisotopic (exact) mass is 307 g/mol. The smallest absolute Gasteiger partial charge is 0.315 e. The van der Waals surface area contributed by atoms with Crippen molar-refractivity contribution in [1.29, 1.82) is 0 Å². The molecule has 1 fully saturated rings. The SMILES string of the molecule is CCN(C(=O)CNC(=O)NC1CC1)[C@H](C)c1ccc(F)cc1. The van der Waals surface area contributed by atoms with Crippen LogP contribution in [0.4, 0.5) is 9.18 Å². The minimum Gasteiger partial charge on any atom is -0.335 e. The van der Waals surface area contributed by atoms with Crippen LogP contribution in [0.15, 0.2) is 24.3 Å². The fourth-order valence-electron chi connectivity index (χ4n) is 2.31. The largest absolute Gasteiger partial charge is 0.335 e. The first kappa shape index (κ1) is 16.3. The molecule has 0 bridgehead atoms. The van der Waals surface area contributed by atoms with Gasteiger partial charge < -0.3 is 15.5 Å². The fraction of sp³-hybridized carbons (Fsp3) is 0.500. The molecule has 1 aromatic rings. The summed E-state index contributed by atoms with van der Waals surface area (Å²) in [7, 11) is 0. The second-order valence-corrected chi connectivity index (χ2v) is 5.51. The lowest BCUT2D eigenvalue weighted by molar-refractivity contribution is -0.132. The summed E-state index contributed by atoms with van der Waals surface area (Å²) in [4.78, 5) is 25.5. The minimum absolute atomic E-state index is 0.0437. The van der Waals surface area contributed by atoms with E-state index in [9.17, 15) is 14.0 Å². The Kier molecular flexibility index (Phi) is 5.35. The topological polar surface area (TPSA) is 61.4 Å². The third-order valence-electron chi connectivity index (χ3n) is 3.79. The van der Waals surface area contributed by atoms with Crippen molar-refractivity contribution in [2.45, 2.75) is 38.8 Å². The van der Waals surface area contributed by atoms with Crippen molar-refractivity contribution in [2.75, 3.05) is 13.1 Å². The number of hydrogen-bond acceptors (Lipinski definition) is 2. The molecule has 6 heteroatoms. The molecule has 3 amide bonds. The maximum absolute atomic E-state index is 13.0. The summed E-state index contributed by atoms with van der Waals surface area (Å²) in [5.41, 5.74) is 0.860. The van der Waals surface area contributed by atoms with Gasteiger partial charge in [-0.25, -0.2) is 9.18 Å². The summed E-state index contributed by atoms with van der Waals surface area (Å²) >= 11 is 0. The lowest BCUT2D eigenvalue weighted by atomic mass is 10.1. The lowest BCUT2D eigenvalue weighted by Gasteiger charge is -2.28. The van der Waals surface area contributed by atoms with Gasteiger partial charge in [0.05, 0.1) is 12.6 Å². The molecule has 1 aromatic carbocycles. The lowest BCUT2D eigenvalue weighted by Crippen LogP contribution is -2.45. The Balaban J connectivity index is 1.89. The molecule has 0 heterocycles. The Bertz CT molecular complexity index is 529. The highest BCUT2D eigenvalue weighted by molar-refractivity contribution is 5.84. The van der Waals surface area contributed by atoms with E-state index >= 15 is 0 Å². The number of benzene rings is 1. The molecule has 5 nitrogen and oxygen atoms in total. The Morgan fingerprint density at radius 3 is 2.50 bits per heavy atom. The predicted octanol–water partition coefficient (Wildman–Crippen LogP) is 2.20. The first-order valence-electron chi connectivity index (χ1n) is 7.60. The van der Waals surface area contributed by atoms with Gasteiger partial charge in [0.2, 0.25) is 5.91 Å². The van der Waals surface area contributed by atoms with Crippen LogP contribution in [-0.2, 0) is 4.79 Å². The maximum atomic E-state index is 13.0.